The van der Waals surface area contributed by atoms with Crippen LogP contribution in [0.3, 0.4) is 0 Å². The van der Waals surface area contributed by atoms with Crippen molar-refractivity contribution in [1.29, 1.82) is 5.41 Å². The number of aliphatic hydroxyl groups excluding tert-OH is 1. The molecule has 19 heavy (non-hydrogen) atoms. The number of hydrogen-bond donors (Lipinski definition) is 2. The lowest BCUT2D eigenvalue weighted by atomic mass is 10.0. The molecular weight excluding hydrogens is 260 g/mol. The fraction of sp³-hybridized carbons (Fsp3) is 0.267. The van der Waals surface area contributed by atoms with Crippen LogP contribution in [0, 0.1) is 5.41 Å². The fourth-order valence-corrected chi connectivity index (χ4v) is 1.96. The molecule has 0 heterocycles. The third-order valence-electron chi connectivity index (χ3n) is 3.08. The van der Waals surface area contributed by atoms with Gasteiger partial charge in [-0.2, -0.15) is 0 Å². The maximum atomic E-state index is 8.85. The zero-order valence-corrected chi connectivity index (χ0v) is 11.8. The van der Waals surface area contributed by atoms with Crippen LogP contribution in [-0.2, 0) is 6.42 Å². The van der Waals surface area contributed by atoms with Gasteiger partial charge in [-0.3, -0.25) is 5.41 Å². The summed E-state index contributed by atoms with van der Waals surface area (Å²) in [5.74, 6) is 0.527. The first-order valence-corrected chi connectivity index (χ1v) is 6.08. The molecule has 0 unspecified atom stereocenters. The van der Waals surface area contributed by atoms with Gasteiger partial charge in [0.1, 0.15) is 5.84 Å². The van der Waals surface area contributed by atoms with E-state index in [0.717, 1.165) is 5.56 Å². The molecule has 102 valence electrons. The minimum Gasteiger partial charge on any atom is -0.395 e. The van der Waals surface area contributed by atoms with Crippen molar-refractivity contribution in [3.8, 4) is 0 Å². The van der Waals surface area contributed by atoms with E-state index in [1.165, 1.54) is 10.8 Å². The zero-order chi connectivity index (χ0) is 13.0. The largest absolute Gasteiger partial charge is 0.395 e. The molecule has 2 aromatic carbocycles. The van der Waals surface area contributed by atoms with Crippen LogP contribution in [0.5, 0.6) is 0 Å². The second-order valence-electron chi connectivity index (χ2n) is 4.45. The van der Waals surface area contributed by atoms with Crippen LogP contribution < -0.4 is 0 Å². The number of amidine groups is 1. The van der Waals surface area contributed by atoms with Crippen molar-refractivity contribution >= 4 is 29.0 Å². The quantitative estimate of drug-likeness (QED) is 0.667. The maximum Gasteiger partial charge on any atom is 0.100 e. The summed E-state index contributed by atoms with van der Waals surface area (Å²) >= 11 is 0. The van der Waals surface area contributed by atoms with Crippen LogP contribution in [0.25, 0.3) is 10.8 Å². The minimum atomic E-state index is 0. The second kappa shape index (κ2) is 7.12. The van der Waals surface area contributed by atoms with Crippen LogP contribution in [0.2, 0.25) is 0 Å². The van der Waals surface area contributed by atoms with E-state index in [9.17, 15) is 0 Å². The minimum absolute atomic E-state index is 0. The molecule has 0 aliphatic carbocycles. The first-order valence-electron chi connectivity index (χ1n) is 6.08. The molecule has 0 spiro atoms. The van der Waals surface area contributed by atoms with Gasteiger partial charge >= 0.3 is 0 Å². The van der Waals surface area contributed by atoms with E-state index in [0.29, 0.717) is 18.8 Å². The second-order valence-corrected chi connectivity index (χ2v) is 4.45. The van der Waals surface area contributed by atoms with Gasteiger partial charge in [0, 0.05) is 20.0 Å². The Balaban J connectivity index is 0.00000180. The number of aliphatic hydroxyl groups is 1. The van der Waals surface area contributed by atoms with Crippen molar-refractivity contribution in [2.45, 2.75) is 6.42 Å². The molecule has 2 aromatic rings. The van der Waals surface area contributed by atoms with Gasteiger partial charge in [-0.1, -0.05) is 42.5 Å². The van der Waals surface area contributed by atoms with Crippen molar-refractivity contribution in [2.24, 2.45) is 0 Å². The Morgan fingerprint density at radius 1 is 1.16 bits per heavy atom. The third kappa shape index (κ3) is 3.94. The highest BCUT2D eigenvalue weighted by Gasteiger charge is 2.05. The number of benzene rings is 2. The van der Waals surface area contributed by atoms with Gasteiger partial charge in [0.25, 0.3) is 0 Å². The van der Waals surface area contributed by atoms with Gasteiger partial charge in [0.15, 0.2) is 0 Å². The Bertz CT molecular complexity index is 557. The normalized spacial score (nSPS) is 10.0. The Kier molecular flexibility index (Phi) is 5.80. The van der Waals surface area contributed by atoms with Gasteiger partial charge in [-0.15, -0.1) is 12.4 Å². The van der Waals surface area contributed by atoms with Crippen molar-refractivity contribution in [3.63, 3.8) is 0 Å². The average molecular weight is 279 g/mol. The van der Waals surface area contributed by atoms with E-state index in [1.54, 1.807) is 4.90 Å². The van der Waals surface area contributed by atoms with E-state index < -0.39 is 0 Å². The number of nitrogens with zero attached hydrogens (tertiary/aromatic N) is 1. The molecule has 0 aliphatic heterocycles. The average Bonchev–Trinajstić information content (AvgIpc) is 2.39. The molecule has 4 heteroatoms. The maximum absolute atomic E-state index is 8.85. The summed E-state index contributed by atoms with van der Waals surface area (Å²) in [4.78, 5) is 1.77. The van der Waals surface area contributed by atoms with E-state index in [4.69, 9.17) is 10.5 Å². The SMILES string of the molecule is CN(CCO)C(=N)Cc1ccc2ccccc2c1.Cl. The Labute approximate surface area is 119 Å². The number of likely N-dealkylation sites (N-methyl/N-ethyl adjacent to an activating group) is 1. The highest BCUT2D eigenvalue weighted by atomic mass is 35.5. The van der Waals surface area contributed by atoms with Crippen molar-refractivity contribution in [1.82, 2.24) is 4.90 Å². The lowest BCUT2D eigenvalue weighted by Crippen LogP contribution is -2.30. The summed E-state index contributed by atoms with van der Waals surface area (Å²) in [6, 6.07) is 14.5. The number of fused-ring (bicyclic) bond motifs is 1. The smallest absolute Gasteiger partial charge is 0.100 e. The van der Waals surface area contributed by atoms with Crippen LogP contribution in [0.15, 0.2) is 42.5 Å². The first-order chi connectivity index (χ1) is 8.70. The topological polar surface area (TPSA) is 47.3 Å². The van der Waals surface area contributed by atoms with E-state index in [1.807, 2.05) is 19.2 Å². The number of rotatable bonds is 4. The molecule has 0 amide bonds. The molecule has 0 atom stereocenters. The summed E-state index contributed by atoms with van der Waals surface area (Å²) in [6.45, 7) is 0.586. The molecule has 0 bridgehead atoms. The fourth-order valence-electron chi connectivity index (χ4n) is 1.96. The predicted octanol–water partition coefficient (Wildman–Crippen LogP) is 2.71. The van der Waals surface area contributed by atoms with E-state index in [2.05, 4.69) is 30.3 Å². The summed E-state index contributed by atoms with van der Waals surface area (Å²) in [5.41, 5.74) is 1.13. The first kappa shape index (κ1) is 15.5. The van der Waals surface area contributed by atoms with Gasteiger partial charge in [0.05, 0.1) is 6.61 Å². The Morgan fingerprint density at radius 3 is 2.53 bits per heavy atom. The lowest BCUT2D eigenvalue weighted by molar-refractivity contribution is 0.262. The van der Waals surface area contributed by atoms with Gasteiger partial charge in [0.2, 0.25) is 0 Å². The van der Waals surface area contributed by atoms with E-state index in [-0.39, 0.29) is 19.0 Å². The van der Waals surface area contributed by atoms with Crippen LogP contribution in [0.4, 0.5) is 0 Å². The van der Waals surface area contributed by atoms with E-state index >= 15 is 0 Å². The number of nitrogens with one attached hydrogen (secondary N) is 1. The lowest BCUT2D eigenvalue weighted by Gasteiger charge is -2.18. The van der Waals surface area contributed by atoms with Crippen molar-refractivity contribution in [2.75, 3.05) is 20.2 Å². The standard InChI is InChI=1S/C15H18N2O.ClH/c1-17(8-9-18)15(16)11-12-6-7-13-4-2-3-5-14(13)10-12;/h2-7,10,16,18H,8-9,11H2,1H3;1H. The van der Waals surface area contributed by atoms with Crippen LogP contribution in [-0.4, -0.2) is 36.0 Å². The Morgan fingerprint density at radius 2 is 1.84 bits per heavy atom. The molecule has 0 saturated heterocycles. The molecule has 2 rings (SSSR count). The predicted molar refractivity (Wildman–Crippen MR) is 82.3 cm³/mol. The molecule has 0 aliphatic rings. The molecule has 2 N–H and O–H groups in total. The molecular formula is C15H19ClN2O. The summed E-state index contributed by atoms with van der Waals surface area (Å²) in [5, 5.41) is 19.2. The van der Waals surface area contributed by atoms with Gasteiger partial charge < -0.3 is 10.0 Å². The van der Waals surface area contributed by atoms with Gasteiger partial charge in [-0.05, 0) is 16.3 Å². The molecule has 3 nitrogen and oxygen atoms in total. The Hall–Kier alpha value is -1.58. The number of halogens is 1. The molecule has 0 fully saturated rings. The van der Waals surface area contributed by atoms with Crippen LogP contribution >= 0.6 is 12.4 Å². The monoisotopic (exact) mass is 278 g/mol. The van der Waals surface area contributed by atoms with Crippen LogP contribution in [0.1, 0.15) is 5.56 Å². The van der Waals surface area contributed by atoms with Crippen molar-refractivity contribution < 1.29 is 5.11 Å². The van der Waals surface area contributed by atoms with Gasteiger partial charge in [-0.25, -0.2) is 0 Å². The summed E-state index contributed by atoms with van der Waals surface area (Å²) < 4.78 is 0. The highest BCUT2D eigenvalue weighted by molar-refractivity contribution is 5.86. The molecule has 0 radical (unpaired) electrons. The number of hydrogen-bond acceptors (Lipinski definition) is 2. The zero-order valence-electron chi connectivity index (χ0n) is 11.0. The summed E-state index contributed by atoms with van der Waals surface area (Å²) in [7, 11) is 1.83. The third-order valence-corrected chi connectivity index (χ3v) is 3.08. The molecule has 0 saturated carbocycles. The highest BCUT2D eigenvalue weighted by Crippen LogP contribution is 2.16. The molecule has 0 aromatic heterocycles. The van der Waals surface area contributed by atoms with Crippen molar-refractivity contribution in [3.05, 3.63) is 48.0 Å². The summed E-state index contributed by atoms with van der Waals surface area (Å²) in [6.07, 6.45) is 0.599.